The molecule has 0 radical (unpaired) electrons. The normalized spacial score (nSPS) is 12.0. The Bertz CT molecular complexity index is 242. The van der Waals surface area contributed by atoms with E-state index < -0.39 is 0 Å². The minimum atomic E-state index is -0.0243. The highest BCUT2D eigenvalue weighted by Crippen LogP contribution is 2.08. The molecule has 0 aliphatic heterocycles. The van der Waals surface area contributed by atoms with E-state index in [4.69, 9.17) is 4.74 Å². The molecule has 0 heterocycles. The van der Waals surface area contributed by atoms with Crippen LogP contribution in [0.5, 0.6) is 0 Å². The van der Waals surface area contributed by atoms with E-state index in [-0.39, 0.29) is 17.7 Å². The fraction of sp³-hybridized carbons (Fsp3) is 0.833. The minimum Gasteiger partial charge on any atom is -0.380 e. The smallest absolute Gasteiger partial charge is 0.222 e. The van der Waals surface area contributed by atoms with Crippen molar-refractivity contribution in [1.29, 1.82) is 0 Å². The average molecular weight is 244 g/mol. The van der Waals surface area contributed by atoms with E-state index in [1.54, 1.807) is 19.0 Å². The summed E-state index contributed by atoms with van der Waals surface area (Å²) in [7, 11) is 3.44. The van der Waals surface area contributed by atoms with Crippen molar-refractivity contribution in [2.24, 2.45) is 5.92 Å². The number of hydrogen-bond acceptors (Lipinski definition) is 3. The van der Waals surface area contributed by atoms with Crippen LogP contribution in [0.1, 0.15) is 26.7 Å². The van der Waals surface area contributed by atoms with E-state index in [0.29, 0.717) is 32.6 Å². The van der Waals surface area contributed by atoms with Gasteiger partial charge in [0.05, 0.1) is 6.61 Å². The van der Waals surface area contributed by atoms with Crippen LogP contribution in [0.15, 0.2) is 0 Å². The first kappa shape index (κ1) is 15.9. The van der Waals surface area contributed by atoms with Gasteiger partial charge in [-0.25, -0.2) is 0 Å². The molecule has 1 unspecified atom stereocenters. The van der Waals surface area contributed by atoms with Crippen LogP contribution in [0.3, 0.4) is 0 Å². The summed E-state index contributed by atoms with van der Waals surface area (Å²) in [6.07, 6.45) is 0.789. The third kappa shape index (κ3) is 8.68. The Morgan fingerprint density at radius 1 is 1.29 bits per heavy atom. The third-order valence-corrected chi connectivity index (χ3v) is 2.33. The Kier molecular flexibility index (Phi) is 8.40. The molecule has 0 saturated carbocycles. The molecule has 0 aliphatic rings. The zero-order valence-corrected chi connectivity index (χ0v) is 11.3. The summed E-state index contributed by atoms with van der Waals surface area (Å²) >= 11 is 0. The summed E-state index contributed by atoms with van der Waals surface area (Å²) in [6, 6.07) is 0. The van der Waals surface area contributed by atoms with Crippen LogP contribution in [-0.4, -0.2) is 50.6 Å². The number of nitrogens with zero attached hydrogens (tertiary/aromatic N) is 1. The highest BCUT2D eigenvalue weighted by Gasteiger charge is 2.14. The van der Waals surface area contributed by atoms with Crippen molar-refractivity contribution >= 4 is 11.8 Å². The Hall–Kier alpha value is -1.10. The predicted molar refractivity (Wildman–Crippen MR) is 66.6 cm³/mol. The predicted octanol–water partition coefficient (Wildman–Crippen LogP) is 0.644. The van der Waals surface area contributed by atoms with Crippen LogP contribution >= 0.6 is 0 Å². The van der Waals surface area contributed by atoms with Crippen molar-refractivity contribution in [2.75, 3.05) is 33.9 Å². The number of ether oxygens (including phenoxy) is 1. The Balaban J connectivity index is 3.69. The van der Waals surface area contributed by atoms with Gasteiger partial charge < -0.3 is 15.0 Å². The van der Waals surface area contributed by atoms with E-state index >= 15 is 0 Å². The zero-order chi connectivity index (χ0) is 13.3. The second kappa shape index (κ2) is 8.98. The molecule has 0 saturated heterocycles. The number of carbonyl (C=O) groups excluding carboxylic acids is 2. The molecule has 0 aromatic carbocycles. The fourth-order valence-corrected chi connectivity index (χ4v) is 1.35. The largest absolute Gasteiger partial charge is 0.380 e. The van der Waals surface area contributed by atoms with Gasteiger partial charge in [-0.2, -0.15) is 0 Å². The van der Waals surface area contributed by atoms with Gasteiger partial charge in [0.2, 0.25) is 11.8 Å². The maximum absolute atomic E-state index is 11.5. The standard InChI is InChI=1S/C12H24N2O3/c1-5-17-7-6-13-11(15)8-10(2)9-12(16)14(3)4/h10H,5-9H2,1-4H3,(H,13,15). The summed E-state index contributed by atoms with van der Waals surface area (Å²) < 4.78 is 5.11. The van der Waals surface area contributed by atoms with Crippen LogP contribution in [0.4, 0.5) is 0 Å². The summed E-state index contributed by atoms with van der Waals surface area (Å²) in [4.78, 5) is 24.4. The van der Waals surface area contributed by atoms with Gasteiger partial charge in [-0.15, -0.1) is 0 Å². The number of nitrogens with one attached hydrogen (secondary N) is 1. The first-order chi connectivity index (χ1) is 7.97. The lowest BCUT2D eigenvalue weighted by Crippen LogP contribution is -2.30. The van der Waals surface area contributed by atoms with Crippen molar-refractivity contribution in [1.82, 2.24) is 10.2 Å². The second-order valence-electron chi connectivity index (χ2n) is 4.35. The molecule has 5 nitrogen and oxygen atoms in total. The van der Waals surface area contributed by atoms with Crippen molar-refractivity contribution in [3.05, 3.63) is 0 Å². The van der Waals surface area contributed by atoms with Gasteiger partial charge in [0.25, 0.3) is 0 Å². The van der Waals surface area contributed by atoms with Gasteiger partial charge in [0, 0.05) is 40.1 Å². The lowest BCUT2D eigenvalue weighted by molar-refractivity contribution is -0.130. The summed E-state index contributed by atoms with van der Waals surface area (Å²) in [5.74, 6) is 0.0976. The summed E-state index contributed by atoms with van der Waals surface area (Å²) in [5, 5.41) is 2.76. The number of rotatable bonds is 8. The van der Waals surface area contributed by atoms with Crippen LogP contribution in [0.2, 0.25) is 0 Å². The van der Waals surface area contributed by atoms with Crippen molar-refractivity contribution in [2.45, 2.75) is 26.7 Å². The molecule has 0 aliphatic carbocycles. The molecule has 2 amide bonds. The molecule has 1 N–H and O–H groups in total. The van der Waals surface area contributed by atoms with Gasteiger partial charge in [0.1, 0.15) is 0 Å². The quantitative estimate of drug-likeness (QED) is 0.638. The van der Waals surface area contributed by atoms with E-state index in [0.717, 1.165) is 0 Å². The monoisotopic (exact) mass is 244 g/mol. The number of amides is 2. The Morgan fingerprint density at radius 3 is 2.47 bits per heavy atom. The highest BCUT2D eigenvalue weighted by molar-refractivity contribution is 5.79. The molecule has 0 aromatic rings. The Morgan fingerprint density at radius 2 is 1.94 bits per heavy atom. The maximum atomic E-state index is 11.5. The van der Waals surface area contributed by atoms with E-state index in [9.17, 15) is 9.59 Å². The molecule has 0 spiro atoms. The molecule has 0 fully saturated rings. The Labute approximate surface area is 103 Å². The van der Waals surface area contributed by atoms with Crippen molar-refractivity contribution in [3.8, 4) is 0 Å². The molecule has 0 rings (SSSR count). The summed E-state index contributed by atoms with van der Waals surface area (Å²) in [6.45, 7) is 5.54. The van der Waals surface area contributed by atoms with Crippen LogP contribution in [-0.2, 0) is 14.3 Å². The van der Waals surface area contributed by atoms with E-state index in [1.165, 1.54) is 0 Å². The van der Waals surface area contributed by atoms with E-state index in [2.05, 4.69) is 5.32 Å². The molecule has 5 heteroatoms. The molecule has 0 aromatic heterocycles. The first-order valence-electron chi connectivity index (χ1n) is 6.02. The van der Waals surface area contributed by atoms with Gasteiger partial charge in [-0.05, 0) is 12.8 Å². The third-order valence-electron chi connectivity index (χ3n) is 2.33. The molecular formula is C12H24N2O3. The first-order valence-corrected chi connectivity index (χ1v) is 6.02. The molecule has 17 heavy (non-hydrogen) atoms. The molecule has 0 bridgehead atoms. The van der Waals surface area contributed by atoms with Gasteiger partial charge in [-0.1, -0.05) is 6.92 Å². The maximum Gasteiger partial charge on any atom is 0.222 e. The molecular weight excluding hydrogens is 220 g/mol. The van der Waals surface area contributed by atoms with Crippen molar-refractivity contribution in [3.63, 3.8) is 0 Å². The zero-order valence-electron chi connectivity index (χ0n) is 11.3. The fourth-order valence-electron chi connectivity index (χ4n) is 1.35. The number of carbonyl (C=O) groups is 2. The molecule has 100 valence electrons. The average Bonchev–Trinajstić information content (AvgIpc) is 2.24. The van der Waals surface area contributed by atoms with Crippen LogP contribution < -0.4 is 5.32 Å². The lowest BCUT2D eigenvalue weighted by Gasteiger charge is -2.14. The van der Waals surface area contributed by atoms with Crippen LogP contribution in [0, 0.1) is 5.92 Å². The number of hydrogen-bond donors (Lipinski definition) is 1. The van der Waals surface area contributed by atoms with Crippen LogP contribution in [0.25, 0.3) is 0 Å². The topological polar surface area (TPSA) is 58.6 Å². The van der Waals surface area contributed by atoms with Gasteiger partial charge >= 0.3 is 0 Å². The second-order valence-corrected chi connectivity index (χ2v) is 4.35. The van der Waals surface area contributed by atoms with Gasteiger partial charge in [0.15, 0.2) is 0 Å². The van der Waals surface area contributed by atoms with Gasteiger partial charge in [-0.3, -0.25) is 9.59 Å². The molecule has 1 atom stereocenters. The van der Waals surface area contributed by atoms with E-state index in [1.807, 2.05) is 13.8 Å². The summed E-state index contributed by atoms with van der Waals surface area (Å²) in [5.41, 5.74) is 0. The highest BCUT2D eigenvalue weighted by atomic mass is 16.5. The lowest BCUT2D eigenvalue weighted by atomic mass is 10.0. The van der Waals surface area contributed by atoms with Crippen molar-refractivity contribution < 1.29 is 14.3 Å². The SMILES string of the molecule is CCOCCNC(=O)CC(C)CC(=O)N(C)C. The minimum absolute atomic E-state index is 0.0243.